The van der Waals surface area contributed by atoms with Gasteiger partial charge in [0.2, 0.25) is 0 Å². The standard InChI is InChI=1S/C15H28N4/c1-13(11-18-7-5-6-8-18)19-12-16-9-14(19)10-17-15(2,3)4/h9,12-13,17H,5-8,10-11H2,1-4H3. The molecule has 1 aromatic rings. The van der Waals surface area contributed by atoms with Crippen LogP contribution < -0.4 is 5.32 Å². The smallest absolute Gasteiger partial charge is 0.0951 e. The van der Waals surface area contributed by atoms with E-state index in [0.29, 0.717) is 6.04 Å². The predicted molar refractivity (Wildman–Crippen MR) is 79.2 cm³/mol. The second kappa shape index (κ2) is 6.06. The zero-order valence-corrected chi connectivity index (χ0v) is 12.8. The van der Waals surface area contributed by atoms with E-state index < -0.39 is 0 Å². The van der Waals surface area contributed by atoms with E-state index in [9.17, 15) is 0 Å². The van der Waals surface area contributed by atoms with Gasteiger partial charge in [0.25, 0.3) is 0 Å². The normalized spacial score (nSPS) is 18.9. The molecule has 4 heteroatoms. The Bertz CT molecular complexity index is 385. The number of aromatic nitrogens is 2. The summed E-state index contributed by atoms with van der Waals surface area (Å²) in [5.74, 6) is 0. The third kappa shape index (κ3) is 4.32. The van der Waals surface area contributed by atoms with E-state index in [2.05, 4.69) is 47.5 Å². The van der Waals surface area contributed by atoms with E-state index in [0.717, 1.165) is 13.1 Å². The monoisotopic (exact) mass is 264 g/mol. The van der Waals surface area contributed by atoms with Crippen LogP contribution in [0.3, 0.4) is 0 Å². The minimum Gasteiger partial charge on any atom is -0.329 e. The summed E-state index contributed by atoms with van der Waals surface area (Å²) >= 11 is 0. The van der Waals surface area contributed by atoms with Crippen LogP contribution in [-0.2, 0) is 6.54 Å². The van der Waals surface area contributed by atoms with Crippen LogP contribution in [0.25, 0.3) is 0 Å². The lowest BCUT2D eigenvalue weighted by atomic mass is 10.1. The van der Waals surface area contributed by atoms with Crippen molar-refractivity contribution < 1.29 is 0 Å². The van der Waals surface area contributed by atoms with Crippen molar-refractivity contribution in [1.82, 2.24) is 19.8 Å². The molecule has 1 unspecified atom stereocenters. The lowest BCUT2D eigenvalue weighted by molar-refractivity contribution is 0.283. The van der Waals surface area contributed by atoms with Crippen LogP contribution in [0.15, 0.2) is 12.5 Å². The molecule has 0 spiro atoms. The van der Waals surface area contributed by atoms with Crippen molar-refractivity contribution in [2.24, 2.45) is 0 Å². The SMILES string of the molecule is CC(CN1CCCC1)n1cncc1CNC(C)(C)C. The van der Waals surface area contributed by atoms with Gasteiger partial charge in [-0.1, -0.05) is 0 Å². The number of hydrogen-bond donors (Lipinski definition) is 1. The van der Waals surface area contributed by atoms with Crippen molar-refractivity contribution >= 4 is 0 Å². The molecule has 0 amide bonds. The summed E-state index contributed by atoms with van der Waals surface area (Å²) in [5, 5.41) is 3.54. The van der Waals surface area contributed by atoms with Crippen molar-refractivity contribution in [2.45, 2.75) is 58.7 Å². The molecule has 2 rings (SSSR count). The maximum Gasteiger partial charge on any atom is 0.0951 e. The molecule has 1 N–H and O–H groups in total. The molecule has 1 aliphatic heterocycles. The fraction of sp³-hybridized carbons (Fsp3) is 0.800. The first-order valence-electron chi connectivity index (χ1n) is 7.44. The van der Waals surface area contributed by atoms with Gasteiger partial charge in [0, 0.05) is 30.9 Å². The molecule has 19 heavy (non-hydrogen) atoms. The van der Waals surface area contributed by atoms with Gasteiger partial charge in [0.05, 0.1) is 12.0 Å². The summed E-state index contributed by atoms with van der Waals surface area (Å²) in [6, 6.07) is 0.498. The average molecular weight is 264 g/mol. The van der Waals surface area contributed by atoms with Gasteiger partial charge in [0.15, 0.2) is 0 Å². The molecule has 0 bridgehead atoms. The lowest BCUT2D eigenvalue weighted by Crippen LogP contribution is -2.36. The number of imidazole rings is 1. The van der Waals surface area contributed by atoms with Crippen LogP contribution in [0.1, 0.15) is 52.3 Å². The molecule has 1 aliphatic rings. The van der Waals surface area contributed by atoms with E-state index in [-0.39, 0.29) is 5.54 Å². The molecule has 4 nitrogen and oxygen atoms in total. The van der Waals surface area contributed by atoms with Gasteiger partial charge in [-0.25, -0.2) is 4.98 Å². The van der Waals surface area contributed by atoms with Crippen molar-refractivity contribution in [1.29, 1.82) is 0 Å². The second-order valence-electron chi connectivity index (χ2n) is 6.75. The van der Waals surface area contributed by atoms with E-state index in [4.69, 9.17) is 0 Å². The van der Waals surface area contributed by atoms with Crippen LogP contribution in [0.2, 0.25) is 0 Å². The summed E-state index contributed by atoms with van der Waals surface area (Å²) in [6.07, 6.45) is 6.67. The van der Waals surface area contributed by atoms with Crippen LogP contribution in [0.4, 0.5) is 0 Å². The Morgan fingerprint density at radius 2 is 2.00 bits per heavy atom. The minimum absolute atomic E-state index is 0.146. The summed E-state index contributed by atoms with van der Waals surface area (Å²) < 4.78 is 2.32. The Morgan fingerprint density at radius 1 is 1.32 bits per heavy atom. The van der Waals surface area contributed by atoms with Crippen LogP contribution in [0.5, 0.6) is 0 Å². The Morgan fingerprint density at radius 3 is 2.63 bits per heavy atom. The van der Waals surface area contributed by atoms with Gasteiger partial charge in [-0.15, -0.1) is 0 Å². The molecule has 1 fully saturated rings. The highest BCUT2D eigenvalue weighted by Crippen LogP contribution is 2.16. The molecule has 0 saturated carbocycles. The summed E-state index contributed by atoms with van der Waals surface area (Å²) in [5.41, 5.74) is 1.43. The average Bonchev–Trinajstić information content (AvgIpc) is 2.95. The molecular formula is C15H28N4. The van der Waals surface area contributed by atoms with Crippen molar-refractivity contribution in [3.8, 4) is 0 Å². The summed E-state index contributed by atoms with van der Waals surface area (Å²) in [7, 11) is 0. The molecule has 1 atom stereocenters. The highest BCUT2D eigenvalue weighted by atomic mass is 15.2. The lowest BCUT2D eigenvalue weighted by Gasteiger charge is -2.25. The highest BCUT2D eigenvalue weighted by molar-refractivity contribution is 5.01. The van der Waals surface area contributed by atoms with Crippen molar-refractivity contribution in [3.05, 3.63) is 18.2 Å². The maximum atomic E-state index is 4.32. The molecule has 1 saturated heterocycles. The van der Waals surface area contributed by atoms with Gasteiger partial charge in [0.1, 0.15) is 0 Å². The number of nitrogens with zero attached hydrogens (tertiary/aromatic N) is 3. The maximum absolute atomic E-state index is 4.32. The molecule has 0 radical (unpaired) electrons. The first kappa shape index (κ1) is 14.5. The molecule has 108 valence electrons. The van der Waals surface area contributed by atoms with E-state index >= 15 is 0 Å². The Labute approximate surface area is 117 Å². The second-order valence-corrected chi connectivity index (χ2v) is 6.75. The van der Waals surface area contributed by atoms with Gasteiger partial charge >= 0.3 is 0 Å². The van der Waals surface area contributed by atoms with Crippen LogP contribution >= 0.6 is 0 Å². The fourth-order valence-electron chi connectivity index (χ4n) is 2.65. The van der Waals surface area contributed by atoms with Crippen LogP contribution in [-0.4, -0.2) is 39.6 Å². The third-order valence-corrected chi connectivity index (χ3v) is 3.74. The Kier molecular flexibility index (Phi) is 4.63. The molecule has 2 heterocycles. The number of rotatable bonds is 5. The van der Waals surface area contributed by atoms with E-state index in [1.165, 1.54) is 31.6 Å². The van der Waals surface area contributed by atoms with Gasteiger partial charge in [-0.2, -0.15) is 0 Å². The highest BCUT2D eigenvalue weighted by Gasteiger charge is 2.18. The summed E-state index contributed by atoms with van der Waals surface area (Å²) in [4.78, 5) is 6.88. The first-order valence-corrected chi connectivity index (χ1v) is 7.44. The van der Waals surface area contributed by atoms with Crippen LogP contribution in [0, 0.1) is 0 Å². The molecule has 0 aromatic carbocycles. The van der Waals surface area contributed by atoms with Crippen molar-refractivity contribution in [3.63, 3.8) is 0 Å². The fourth-order valence-corrected chi connectivity index (χ4v) is 2.65. The van der Waals surface area contributed by atoms with Gasteiger partial charge in [-0.3, -0.25) is 0 Å². The quantitative estimate of drug-likeness (QED) is 0.886. The largest absolute Gasteiger partial charge is 0.329 e. The Hall–Kier alpha value is -0.870. The van der Waals surface area contributed by atoms with E-state index in [1.54, 1.807) is 0 Å². The van der Waals surface area contributed by atoms with Gasteiger partial charge in [-0.05, 0) is 53.6 Å². The predicted octanol–water partition coefficient (Wildman–Crippen LogP) is 2.43. The molecular weight excluding hydrogens is 236 g/mol. The number of likely N-dealkylation sites (tertiary alicyclic amines) is 1. The minimum atomic E-state index is 0.146. The summed E-state index contributed by atoms with van der Waals surface area (Å²) in [6.45, 7) is 13.4. The number of nitrogens with one attached hydrogen (secondary N) is 1. The topological polar surface area (TPSA) is 33.1 Å². The first-order chi connectivity index (χ1) is 8.96. The molecule has 0 aliphatic carbocycles. The van der Waals surface area contributed by atoms with Crippen molar-refractivity contribution in [2.75, 3.05) is 19.6 Å². The zero-order chi connectivity index (χ0) is 13.9. The molecule has 1 aromatic heterocycles. The van der Waals surface area contributed by atoms with E-state index in [1.807, 2.05) is 12.5 Å². The van der Waals surface area contributed by atoms with Gasteiger partial charge < -0.3 is 14.8 Å². The Balaban J connectivity index is 1.93. The zero-order valence-electron chi connectivity index (χ0n) is 12.8. The third-order valence-electron chi connectivity index (χ3n) is 3.74. The number of hydrogen-bond acceptors (Lipinski definition) is 3.